The van der Waals surface area contributed by atoms with Crippen LogP contribution >= 0.6 is 0 Å². The van der Waals surface area contributed by atoms with Crippen LogP contribution in [0.4, 0.5) is 0 Å². The van der Waals surface area contributed by atoms with Gasteiger partial charge in [-0.3, -0.25) is 0 Å². The van der Waals surface area contributed by atoms with Crippen LogP contribution < -0.4 is 5.73 Å². The predicted molar refractivity (Wildman–Crippen MR) is 66.5 cm³/mol. The molecule has 3 heteroatoms. The van der Waals surface area contributed by atoms with E-state index in [2.05, 4.69) is 23.5 Å². The van der Waals surface area contributed by atoms with Crippen molar-refractivity contribution in [3.8, 4) is 0 Å². The monoisotopic (exact) mass is 221 g/mol. The van der Waals surface area contributed by atoms with Gasteiger partial charge in [-0.1, -0.05) is 19.3 Å². The molecule has 0 bridgehead atoms. The van der Waals surface area contributed by atoms with Crippen molar-refractivity contribution in [3.05, 3.63) is 17.2 Å². The molecule has 0 aromatic carbocycles. The quantitative estimate of drug-likeness (QED) is 0.851. The zero-order valence-electron chi connectivity index (χ0n) is 10.5. The predicted octanol–water partition coefficient (Wildman–Crippen LogP) is 2.28. The Bertz CT molecular complexity index is 348. The van der Waals surface area contributed by atoms with Gasteiger partial charge in [0.25, 0.3) is 0 Å². The number of aryl methyl sites for hydroxylation is 1. The molecule has 0 aliphatic heterocycles. The molecule has 0 spiro atoms. The third-order valence-electron chi connectivity index (χ3n) is 3.78. The van der Waals surface area contributed by atoms with Gasteiger partial charge in [0.05, 0.1) is 5.69 Å². The highest BCUT2D eigenvalue weighted by molar-refractivity contribution is 5.20. The molecule has 2 N–H and O–H groups in total. The van der Waals surface area contributed by atoms with Crippen molar-refractivity contribution in [2.24, 2.45) is 12.8 Å². The Morgan fingerprint density at radius 1 is 1.31 bits per heavy atom. The van der Waals surface area contributed by atoms with E-state index in [9.17, 15) is 0 Å². The standard InChI is InChI=1S/C13H23N3/c1-10-13(11-6-4-3-5-7-11)16(2)12(15-10)8-9-14/h11H,3-9,14H2,1-2H3. The molecule has 2 rings (SSSR count). The van der Waals surface area contributed by atoms with Gasteiger partial charge in [-0.25, -0.2) is 4.98 Å². The van der Waals surface area contributed by atoms with Gasteiger partial charge in [0.2, 0.25) is 0 Å². The first-order valence-corrected chi connectivity index (χ1v) is 6.46. The van der Waals surface area contributed by atoms with Gasteiger partial charge in [-0.2, -0.15) is 0 Å². The number of imidazole rings is 1. The van der Waals surface area contributed by atoms with Gasteiger partial charge >= 0.3 is 0 Å². The fourth-order valence-corrected chi connectivity index (χ4v) is 3.01. The van der Waals surface area contributed by atoms with Crippen LogP contribution in [0.1, 0.15) is 55.2 Å². The first kappa shape index (κ1) is 11.6. The molecule has 0 saturated heterocycles. The van der Waals surface area contributed by atoms with Crippen LogP contribution in [0.3, 0.4) is 0 Å². The van der Waals surface area contributed by atoms with E-state index in [-0.39, 0.29) is 0 Å². The summed E-state index contributed by atoms with van der Waals surface area (Å²) in [6.45, 7) is 2.83. The lowest BCUT2D eigenvalue weighted by Crippen LogP contribution is -2.13. The molecular weight excluding hydrogens is 198 g/mol. The number of nitrogens with zero attached hydrogens (tertiary/aromatic N) is 2. The van der Waals surface area contributed by atoms with Crippen molar-refractivity contribution in [2.45, 2.75) is 51.4 Å². The summed E-state index contributed by atoms with van der Waals surface area (Å²) in [5.74, 6) is 1.89. The number of rotatable bonds is 3. The van der Waals surface area contributed by atoms with E-state index in [4.69, 9.17) is 5.73 Å². The van der Waals surface area contributed by atoms with E-state index in [1.54, 1.807) is 0 Å². The first-order valence-electron chi connectivity index (χ1n) is 6.46. The van der Waals surface area contributed by atoms with Crippen LogP contribution in [0.15, 0.2) is 0 Å². The second-order valence-electron chi connectivity index (χ2n) is 4.93. The second kappa shape index (κ2) is 5.00. The fraction of sp³-hybridized carbons (Fsp3) is 0.769. The SMILES string of the molecule is Cc1nc(CCN)n(C)c1C1CCCCC1. The van der Waals surface area contributed by atoms with Crippen LogP contribution in [-0.4, -0.2) is 16.1 Å². The molecule has 3 nitrogen and oxygen atoms in total. The summed E-state index contributed by atoms with van der Waals surface area (Å²) in [6, 6.07) is 0. The molecule has 0 amide bonds. The van der Waals surface area contributed by atoms with Crippen LogP contribution in [0.25, 0.3) is 0 Å². The van der Waals surface area contributed by atoms with Gasteiger partial charge in [-0.05, 0) is 26.3 Å². The minimum Gasteiger partial charge on any atom is -0.335 e. The second-order valence-corrected chi connectivity index (χ2v) is 4.93. The van der Waals surface area contributed by atoms with Gasteiger partial charge < -0.3 is 10.3 Å². The Morgan fingerprint density at radius 3 is 2.62 bits per heavy atom. The van der Waals surface area contributed by atoms with E-state index in [0.717, 1.165) is 18.2 Å². The number of hydrogen-bond acceptors (Lipinski definition) is 2. The lowest BCUT2D eigenvalue weighted by Gasteiger charge is -2.23. The lowest BCUT2D eigenvalue weighted by molar-refractivity contribution is 0.426. The van der Waals surface area contributed by atoms with E-state index >= 15 is 0 Å². The van der Waals surface area contributed by atoms with E-state index < -0.39 is 0 Å². The van der Waals surface area contributed by atoms with Crippen LogP contribution in [0, 0.1) is 6.92 Å². The number of aromatic nitrogens is 2. The minimum atomic E-state index is 0.689. The molecule has 1 aromatic heterocycles. The molecule has 0 radical (unpaired) electrons. The van der Waals surface area contributed by atoms with Crippen molar-refractivity contribution in [3.63, 3.8) is 0 Å². The summed E-state index contributed by atoms with van der Waals surface area (Å²) >= 11 is 0. The summed E-state index contributed by atoms with van der Waals surface area (Å²) in [6.07, 6.45) is 7.72. The molecule has 0 unspecified atom stereocenters. The Morgan fingerprint density at radius 2 is 2.00 bits per heavy atom. The molecule has 1 saturated carbocycles. The smallest absolute Gasteiger partial charge is 0.110 e. The van der Waals surface area contributed by atoms with Crippen LogP contribution in [-0.2, 0) is 13.5 Å². The van der Waals surface area contributed by atoms with Gasteiger partial charge in [-0.15, -0.1) is 0 Å². The van der Waals surface area contributed by atoms with Gasteiger partial charge in [0.1, 0.15) is 5.82 Å². The lowest BCUT2D eigenvalue weighted by atomic mass is 9.86. The molecule has 16 heavy (non-hydrogen) atoms. The highest BCUT2D eigenvalue weighted by Crippen LogP contribution is 2.34. The highest BCUT2D eigenvalue weighted by Gasteiger charge is 2.22. The Balaban J connectivity index is 2.24. The summed E-state index contributed by atoms with van der Waals surface area (Å²) in [7, 11) is 2.15. The Hall–Kier alpha value is -0.830. The minimum absolute atomic E-state index is 0.689. The van der Waals surface area contributed by atoms with Crippen LogP contribution in [0.2, 0.25) is 0 Å². The normalized spacial score (nSPS) is 17.9. The van der Waals surface area contributed by atoms with E-state index in [1.807, 2.05) is 0 Å². The third-order valence-corrected chi connectivity index (χ3v) is 3.78. The van der Waals surface area contributed by atoms with Crippen molar-refractivity contribution in [1.29, 1.82) is 0 Å². The first-order chi connectivity index (χ1) is 7.74. The summed E-state index contributed by atoms with van der Waals surface area (Å²) in [5, 5.41) is 0. The Kier molecular flexibility index (Phi) is 3.64. The molecule has 1 aromatic rings. The largest absolute Gasteiger partial charge is 0.335 e. The summed E-state index contributed by atoms with van der Waals surface area (Å²) in [5.41, 5.74) is 8.30. The zero-order chi connectivity index (χ0) is 11.5. The van der Waals surface area contributed by atoms with Crippen LogP contribution in [0.5, 0.6) is 0 Å². The molecule has 1 heterocycles. The Labute approximate surface area is 98.1 Å². The molecule has 1 fully saturated rings. The number of hydrogen-bond donors (Lipinski definition) is 1. The van der Waals surface area contributed by atoms with E-state index in [1.165, 1.54) is 43.5 Å². The maximum Gasteiger partial charge on any atom is 0.110 e. The average molecular weight is 221 g/mol. The average Bonchev–Trinajstić information content (AvgIpc) is 2.56. The van der Waals surface area contributed by atoms with Gasteiger partial charge in [0.15, 0.2) is 0 Å². The number of nitrogens with two attached hydrogens (primary N) is 1. The zero-order valence-corrected chi connectivity index (χ0v) is 10.5. The highest BCUT2D eigenvalue weighted by atomic mass is 15.1. The van der Waals surface area contributed by atoms with E-state index in [0.29, 0.717) is 6.54 Å². The maximum absolute atomic E-state index is 5.61. The topological polar surface area (TPSA) is 43.8 Å². The third kappa shape index (κ3) is 2.14. The van der Waals surface area contributed by atoms with Crippen molar-refractivity contribution in [1.82, 2.24) is 9.55 Å². The molecule has 90 valence electrons. The summed E-state index contributed by atoms with van der Waals surface area (Å²) < 4.78 is 2.29. The molecule has 0 atom stereocenters. The summed E-state index contributed by atoms with van der Waals surface area (Å²) in [4.78, 5) is 4.66. The van der Waals surface area contributed by atoms with Gasteiger partial charge in [0, 0.05) is 25.1 Å². The van der Waals surface area contributed by atoms with Crippen molar-refractivity contribution < 1.29 is 0 Å². The molecule has 1 aliphatic carbocycles. The molecular formula is C13H23N3. The fourth-order valence-electron chi connectivity index (χ4n) is 3.01. The molecule has 1 aliphatic rings. The van der Waals surface area contributed by atoms with Crippen molar-refractivity contribution >= 4 is 0 Å². The van der Waals surface area contributed by atoms with Crippen molar-refractivity contribution in [2.75, 3.05) is 6.54 Å². The maximum atomic E-state index is 5.61.